The van der Waals surface area contributed by atoms with Crippen molar-refractivity contribution in [2.75, 3.05) is 26.3 Å². The van der Waals surface area contributed by atoms with Crippen LogP contribution in [-0.2, 0) is 9.53 Å². The van der Waals surface area contributed by atoms with Gasteiger partial charge in [-0.1, -0.05) is 68.4 Å². The lowest BCUT2D eigenvalue weighted by Crippen LogP contribution is -2.30. The standard InChI is InChI=1S/C20H32O2.C4H9NO/c1-2-3-4-5-6-7-8-9-10-11-12-13-14-15-16-17-18-19-20(21)22;1-3-6-4-2-5-1/h6-7,9-10,12-13,15-16H,2-5,8,11,14,17-19H2,1H3,(H,21,22);5H,1-4H2/b7-6-,10-9-,13-12-,16-15-;. The van der Waals surface area contributed by atoms with Crippen LogP contribution in [0.2, 0.25) is 0 Å². The molecule has 4 nitrogen and oxygen atoms in total. The highest BCUT2D eigenvalue weighted by Gasteiger charge is 1.93. The summed E-state index contributed by atoms with van der Waals surface area (Å²) in [6.07, 6.45) is 27.3. The van der Waals surface area contributed by atoms with Crippen LogP contribution < -0.4 is 5.32 Å². The first kappa shape index (κ1) is 26.4. The molecule has 0 radical (unpaired) electrons. The van der Waals surface area contributed by atoms with Crippen molar-refractivity contribution >= 4 is 5.97 Å². The Balaban J connectivity index is 0.00000102. The van der Waals surface area contributed by atoms with Crippen LogP contribution in [0.15, 0.2) is 48.6 Å². The third kappa shape index (κ3) is 24.4. The number of hydrogen-bond acceptors (Lipinski definition) is 3. The van der Waals surface area contributed by atoms with Crippen LogP contribution in [0.1, 0.15) is 71.1 Å². The van der Waals surface area contributed by atoms with Gasteiger partial charge in [-0.05, 0) is 44.9 Å². The fourth-order valence-corrected chi connectivity index (χ4v) is 2.45. The highest BCUT2D eigenvalue weighted by molar-refractivity contribution is 5.66. The minimum Gasteiger partial charge on any atom is -0.481 e. The minimum absolute atomic E-state index is 0.262. The average molecular weight is 392 g/mol. The molecule has 0 aromatic heterocycles. The fourth-order valence-electron chi connectivity index (χ4n) is 2.45. The molecule has 0 aromatic rings. The highest BCUT2D eigenvalue weighted by atomic mass is 16.5. The van der Waals surface area contributed by atoms with Crippen molar-refractivity contribution in [3.05, 3.63) is 48.6 Å². The Morgan fingerprint density at radius 3 is 1.71 bits per heavy atom. The zero-order valence-electron chi connectivity index (χ0n) is 17.8. The summed E-state index contributed by atoms with van der Waals surface area (Å²) < 4.78 is 5.01. The molecule has 4 heteroatoms. The van der Waals surface area contributed by atoms with Gasteiger partial charge in [-0.3, -0.25) is 4.79 Å². The minimum atomic E-state index is -0.712. The smallest absolute Gasteiger partial charge is 0.303 e. The SMILES string of the molecule is C1COCCN1.CCCCC/C=C\C/C=C\C/C=C\C/C=C\CCCC(=O)O. The van der Waals surface area contributed by atoms with Crippen molar-refractivity contribution in [1.29, 1.82) is 0 Å². The van der Waals surface area contributed by atoms with Crippen molar-refractivity contribution in [2.24, 2.45) is 0 Å². The highest BCUT2D eigenvalue weighted by Crippen LogP contribution is 2.01. The van der Waals surface area contributed by atoms with Gasteiger partial charge >= 0.3 is 5.97 Å². The van der Waals surface area contributed by atoms with Crippen molar-refractivity contribution in [2.45, 2.75) is 71.1 Å². The van der Waals surface area contributed by atoms with Gasteiger partial charge in [0.05, 0.1) is 13.2 Å². The van der Waals surface area contributed by atoms with Crippen LogP contribution in [0, 0.1) is 0 Å². The third-order valence-corrected chi connectivity index (χ3v) is 4.07. The number of aliphatic carboxylic acids is 1. The quantitative estimate of drug-likeness (QED) is 0.289. The van der Waals surface area contributed by atoms with E-state index in [-0.39, 0.29) is 6.42 Å². The summed E-state index contributed by atoms with van der Waals surface area (Å²) in [4.78, 5) is 10.3. The van der Waals surface area contributed by atoms with Gasteiger partial charge in [0, 0.05) is 19.5 Å². The number of morpholine rings is 1. The summed E-state index contributed by atoms with van der Waals surface area (Å²) in [5.74, 6) is -0.712. The molecular weight excluding hydrogens is 350 g/mol. The molecule has 0 aliphatic carbocycles. The molecule has 1 saturated heterocycles. The molecule has 0 amide bonds. The summed E-state index contributed by atoms with van der Waals surface area (Å²) >= 11 is 0. The van der Waals surface area contributed by atoms with E-state index in [1.54, 1.807) is 0 Å². The van der Waals surface area contributed by atoms with E-state index < -0.39 is 5.97 Å². The van der Waals surface area contributed by atoms with Crippen LogP contribution in [0.3, 0.4) is 0 Å². The second-order valence-corrected chi connectivity index (χ2v) is 6.74. The number of hydrogen-bond donors (Lipinski definition) is 2. The molecule has 1 fully saturated rings. The maximum absolute atomic E-state index is 10.3. The number of carbonyl (C=O) groups is 1. The van der Waals surface area contributed by atoms with E-state index in [1.165, 1.54) is 25.7 Å². The van der Waals surface area contributed by atoms with Gasteiger partial charge in [0.25, 0.3) is 0 Å². The van der Waals surface area contributed by atoms with E-state index in [2.05, 4.69) is 60.8 Å². The number of allylic oxidation sites excluding steroid dienone is 8. The Morgan fingerprint density at radius 1 is 0.821 bits per heavy atom. The maximum Gasteiger partial charge on any atom is 0.303 e. The number of carboxylic acid groups (broad SMARTS) is 1. The van der Waals surface area contributed by atoms with E-state index in [9.17, 15) is 4.79 Å². The van der Waals surface area contributed by atoms with Crippen molar-refractivity contribution in [3.63, 3.8) is 0 Å². The van der Waals surface area contributed by atoms with Gasteiger partial charge in [-0.2, -0.15) is 0 Å². The molecule has 1 aliphatic rings. The average Bonchev–Trinajstić information content (AvgIpc) is 2.72. The Bertz CT molecular complexity index is 437. The third-order valence-electron chi connectivity index (χ3n) is 4.07. The summed E-state index contributed by atoms with van der Waals surface area (Å²) in [6, 6.07) is 0. The van der Waals surface area contributed by atoms with Crippen molar-refractivity contribution in [3.8, 4) is 0 Å². The Kier molecular flexibility index (Phi) is 22.0. The van der Waals surface area contributed by atoms with Gasteiger partial charge in [-0.25, -0.2) is 0 Å². The number of rotatable bonds is 14. The van der Waals surface area contributed by atoms with E-state index in [0.717, 1.165) is 58.4 Å². The van der Waals surface area contributed by atoms with Crippen molar-refractivity contribution < 1.29 is 14.6 Å². The van der Waals surface area contributed by atoms with E-state index in [0.29, 0.717) is 0 Å². The molecular formula is C24H41NO3. The first-order valence-corrected chi connectivity index (χ1v) is 10.9. The fraction of sp³-hybridized carbons (Fsp3) is 0.625. The van der Waals surface area contributed by atoms with Crippen LogP contribution in [-0.4, -0.2) is 37.4 Å². The number of unbranched alkanes of at least 4 members (excludes halogenated alkanes) is 4. The van der Waals surface area contributed by atoms with Crippen LogP contribution in [0.5, 0.6) is 0 Å². The molecule has 1 aliphatic heterocycles. The zero-order chi connectivity index (χ0) is 20.5. The lowest BCUT2D eigenvalue weighted by Gasteiger charge is -2.10. The Labute approximate surface area is 172 Å². The number of ether oxygens (including phenoxy) is 1. The van der Waals surface area contributed by atoms with Crippen molar-refractivity contribution in [1.82, 2.24) is 5.32 Å². The molecule has 0 atom stereocenters. The molecule has 1 rings (SSSR count). The van der Waals surface area contributed by atoms with Crippen LogP contribution in [0.25, 0.3) is 0 Å². The first-order valence-electron chi connectivity index (χ1n) is 10.9. The number of carboxylic acids is 1. The van der Waals surface area contributed by atoms with E-state index in [4.69, 9.17) is 9.84 Å². The summed E-state index contributed by atoms with van der Waals surface area (Å²) in [7, 11) is 0. The van der Waals surface area contributed by atoms with E-state index in [1.807, 2.05) is 0 Å². The van der Waals surface area contributed by atoms with E-state index >= 15 is 0 Å². The molecule has 0 spiro atoms. The topological polar surface area (TPSA) is 58.6 Å². The summed E-state index contributed by atoms with van der Waals surface area (Å²) in [5, 5.41) is 11.7. The molecule has 28 heavy (non-hydrogen) atoms. The Hall–Kier alpha value is -1.65. The lowest BCUT2D eigenvalue weighted by molar-refractivity contribution is -0.137. The first-order chi connectivity index (χ1) is 13.8. The van der Waals surface area contributed by atoms with Gasteiger partial charge in [0.15, 0.2) is 0 Å². The molecule has 0 aromatic carbocycles. The van der Waals surface area contributed by atoms with Crippen LogP contribution >= 0.6 is 0 Å². The van der Waals surface area contributed by atoms with Gasteiger partial charge in [-0.15, -0.1) is 0 Å². The molecule has 1 heterocycles. The molecule has 0 bridgehead atoms. The molecule has 0 saturated carbocycles. The predicted molar refractivity (Wildman–Crippen MR) is 120 cm³/mol. The predicted octanol–water partition coefficient (Wildman–Crippen LogP) is 5.82. The van der Waals surface area contributed by atoms with Crippen LogP contribution in [0.4, 0.5) is 0 Å². The zero-order valence-corrected chi connectivity index (χ0v) is 17.8. The number of nitrogens with one attached hydrogen (secondary N) is 1. The Morgan fingerprint density at radius 2 is 1.32 bits per heavy atom. The summed E-state index contributed by atoms with van der Waals surface area (Å²) in [5.41, 5.74) is 0. The second kappa shape index (κ2) is 23.4. The van der Waals surface area contributed by atoms with Gasteiger partial charge in [0.1, 0.15) is 0 Å². The monoisotopic (exact) mass is 391 g/mol. The van der Waals surface area contributed by atoms with Gasteiger partial charge < -0.3 is 15.2 Å². The van der Waals surface area contributed by atoms with Gasteiger partial charge in [0.2, 0.25) is 0 Å². The molecule has 160 valence electrons. The lowest BCUT2D eigenvalue weighted by atomic mass is 10.2. The maximum atomic E-state index is 10.3. The molecule has 2 N–H and O–H groups in total. The largest absolute Gasteiger partial charge is 0.481 e. The second-order valence-electron chi connectivity index (χ2n) is 6.74. The molecule has 0 unspecified atom stereocenters. The summed E-state index contributed by atoms with van der Waals surface area (Å²) in [6.45, 7) is 6.06. The normalized spacial score (nSPS) is 14.9.